The maximum atomic E-state index is 12.6. The van der Waals surface area contributed by atoms with Gasteiger partial charge in [0.2, 0.25) is 5.95 Å². The van der Waals surface area contributed by atoms with Crippen LogP contribution in [-0.4, -0.2) is 90.2 Å². The fourth-order valence-corrected chi connectivity index (χ4v) is 3.57. The maximum Gasteiger partial charge on any atom is 0.409 e. The van der Waals surface area contributed by atoms with E-state index in [9.17, 15) is 9.59 Å². The molecule has 1 N–H and O–H groups in total. The lowest BCUT2D eigenvalue weighted by Crippen LogP contribution is -2.47. The minimum Gasteiger partial charge on any atom is -0.450 e. The first-order valence-corrected chi connectivity index (χ1v) is 10.1. The highest BCUT2D eigenvalue weighted by Gasteiger charge is 2.25. The Balaban J connectivity index is 1.52. The number of likely N-dealkylation sites (N-methyl/N-ethyl adjacent to an activating group) is 1. The third-order valence-corrected chi connectivity index (χ3v) is 5.33. The Bertz CT molecular complexity index is 669. The van der Waals surface area contributed by atoms with Gasteiger partial charge in [-0.3, -0.25) is 4.79 Å². The van der Waals surface area contributed by atoms with E-state index in [1.807, 2.05) is 0 Å². The molecule has 0 bridgehead atoms. The number of piperidine rings is 1. The minimum absolute atomic E-state index is 0.0321. The van der Waals surface area contributed by atoms with Crippen molar-refractivity contribution in [1.29, 1.82) is 0 Å². The summed E-state index contributed by atoms with van der Waals surface area (Å²) in [4.78, 5) is 39.4. The molecule has 3 rings (SSSR count). The van der Waals surface area contributed by atoms with Crippen LogP contribution in [0.4, 0.5) is 10.7 Å². The monoisotopic (exact) mass is 390 g/mol. The second-order valence-electron chi connectivity index (χ2n) is 7.10. The van der Waals surface area contributed by atoms with Crippen molar-refractivity contribution >= 4 is 17.9 Å². The zero-order valence-corrected chi connectivity index (χ0v) is 16.8. The number of anilines is 1. The summed E-state index contributed by atoms with van der Waals surface area (Å²) in [5.41, 5.74) is 0.385. The van der Waals surface area contributed by atoms with Gasteiger partial charge in [0.05, 0.1) is 6.61 Å². The van der Waals surface area contributed by atoms with E-state index in [0.717, 1.165) is 32.7 Å². The van der Waals surface area contributed by atoms with Crippen molar-refractivity contribution in [1.82, 2.24) is 25.1 Å². The lowest BCUT2D eigenvalue weighted by atomic mass is 10.1. The van der Waals surface area contributed by atoms with Crippen LogP contribution in [0.15, 0.2) is 12.3 Å². The topological polar surface area (TPSA) is 90.9 Å². The molecule has 0 atom stereocenters. The third kappa shape index (κ3) is 5.09. The fraction of sp³-hybridized carbons (Fsp3) is 0.684. The quantitative estimate of drug-likeness (QED) is 0.801. The van der Waals surface area contributed by atoms with Crippen molar-refractivity contribution in [2.75, 3.05) is 57.3 Å². The molecule has 2 amide bonds. The number of carbonyl (C=O) groups excluding carboxylic acids is 2. The zero-order chi connectivity index (χ0) is 19.9. The SMILES string of the molecule is CCOC(=O)N1CCC(NC(=O)c2ccnc(N3CCN(CC)CC3)n2)CC1. The number of aromatic nitrogens is 2. The van der Waals surface area contributed by atoms with E-state index < -0.39 is 0 Å². The summed E-state index contributed by atoms with van der Waals surface area (Å²) in [6.07, 6.45) is 2.78. The average molecular weight is 390 g/mol. The van der Waals surface area contributed by atoms with Gasteiger partial charge in [-0.15, -0.1) is 0 Å². The Kier molecular flexibility index (Phi) is 7.02. The Morgan fingerprint density at radius 1 is 1.14 bits per heavy atom. The molecule has 0 unspecified atom stereocenters. The van der Waals surface area contributed by atoms with Crippen molar-refractivity contribution in [3.8, 4) is 0 Å². The van der Waals surface area contributed by atoms with Crippen LogP contribution in [0.1, 0.15) is 37.2 Å². The predicted molar refractivity (Wildman–Crippen MR) is 105 cm³/mol. The van der Waals surface area contributed by atoms with Gasteiger partial charge in [0, 0.05) is 51.5 Å². The molecule has 9 heteroatoms. The second-order valence-corrected chi connectivity index (χ2v) is 7.10. The minimum atomic E-state index is -0.282. The number of carbonyl (C=O) groups is 2. The molecule has 0 aromatic carbocycles. The van der Waals surface area contributed by atoms with Crippen molar-refractivity contribution < 1.29 is 14.3 Å². The van der Waals surface area contributed by atoms with Crippen LogP contribution in [-0.2, 0) is 4.74 Å². The van der Waals surface area contributed by atoms with Gasteiger partial charge < -0.3 is 24.8 Å². The smallest absolute Gasteiger partial charge is 0.409 e. The van der Waals surface area contributed by atoms with Crippen molar-refractivity contribution in [3.63, 3.8) is 0 Å². The van der Waals surface area contributed by atoms with Crippen LogP contribution >= 0.6 is 0 Å². The fourth-order valence-electron chi connectivity index (χ4n) is 3.57. The van der Waals surface area contributed by atoms with Crippen LogP contribution in [0.25, 0.3) is 0 Å². The number of hydrogen-bond donors (Lipinski definition) is 1. The molecule has 2 aliphatic rings. The molecule has 154 valence electrons. The summed E-state index contributed by atoms with van der Waals surface area (Å²) in [6, 6.07) is 1.68. The van der Waals surface area contributed by atoms with Crippen LogP contribution in [0.3, 0.4) is 0 Å². The Hall–Kier alpha value is -2.42. The Labute approximate surface area is 166 Å². The summed E-state index contributed by atoms with van der Waals surface area (Å²) in [6.45, 7) is 10.2. The molecule has 9 nitrogen and oxygen atoms in total. The molecule has 3 heterocycles. The van der Waals surface area contributed by atoms with Gasteiger partial charge in [0.1, 0.15) is 5.69 Å². The first-order valence-electron chi connectivity index (χ1n) is 10.1. The molecule has 0 aliphatic carbocycles. The first kappa shape index (κ1) is 20.3. The normalized spacial score (nSPS) is 18.8. The molecule has 2 aliphatic heterocycles. The van der Waals surface area contributed by atoms with Crippen LogP contribution < -0.4 is 10.2 Å². The molecule has 1 aromatic heterocycles. The Morgan fingerprint density at radius 2 is 1.86 bits per heavy atom. The zero-order valence-electron chi connectivity index (χ0n) is 16.8. The van der Waals surface area contributed by atoms with E-state index >= 15 is 0 Å². The van der Waals surface area contributed by atoms with Crippen molar-refractivity contribution in [3.05, 3.63) is 18.0 Å². The average Bonchev–Trinajstić information content (AvgIpc) is 2.74. The highest BCUT2D eigenvalue weighted by atomic mass is 16.6. The van der Waals surface area contributed by atoms with E-state index in [2.05, 4.69) is 32.0 Å². The molecule has 0 spiro atoms. The maximum absolute atomic E-state index is 12.6. The number of ether oxygens (including phenoxy) is 1. The molecule has 1 aromatic rings. The van der Waals surface area contributed by atoms with Gasteiger partial charge in [-0.1, -0.05) is 6.92 Å². The summed E-state index contributed by atoms with van der Waals surface area (Å²) < 4.78 is 5.03. The number of likely N-dealkylation sites (tertiary alicyclic amines) is 1. The summed E-state index contributed by atoms with van der Waals surface area (Å²) >= 11 is 0. The van der Waals surface area contributed by atoms with Crippen molar-refractivity contribution in [2.45, 2.75) is 32.7 Å². The van der Waals surface area contributed by atoms with E-state index in [1.165, 1.54) is 0 Å². The third-order valence-electron chi connectivity index (χ3n) is 5.33. The van der Waals surface area contributed by atoms with Crippen LogP contribution in [0, 0.1) is 0 Å². The lowest BCUT2D eigenvalue weighted by molar-refractivity contribution is 0.0856. The Morgan fingerprint density at radius 3 is 2.50 bits per heavy atom. The molecule has 0 saturated carbocycles. The standard InChI is InChI=1S/C19H30N6O3/c1-3-23-11-13-24(14-12-23)18-20-8-5-16(22-18)17(26)21-15-6-9-25(10-7-15)19(27)28-4-2/h5,8,15H,3-4,6-7,9-14H2,1-2H3,(H,21,26). The highest BCUT2D eigenvalue weighted by Crippen LogP contribution is 2.14. The van der Waals surface area contributed by atoms with Gasteiger partial charge in [0.15, 0.2) is 0 Å². The van der Waals surface area contributed by atoms with Gasteiger partial charge in [0.25, 0.3) is 5.91 Å². The first-order chi connectivity index (χ1) is 13.6. The number of hydrogen-bond acceptors (Lipinski definition) is 7. The number of amides is 2. The largest absolute Gasteiger partial charge is 0.450 e. The van der Waals surface area contributed by atoms with E-state index in [4.69, 9.17) is 4.74 Å². The van der Waals surface area contributed by atoms with Crippen LogP contribution in [0.5, 0.6) is 0 Å². The number of nitrogens with zero attached hydrogens (tertiary/aromatic N) is 5. The van der Waals surface area contributed by atoms with E-state index in [0.29, 0.717) is 44.2 Å². The number of rotatable bonds is 5. The number of piperazine rings is 1. The van der Waals surface area contributed by atoms with Gasteiger partial charge in [-0.2, -0.15) is 0 Å². The summed E-state index contributed by atoms with van der Waals surface area (Å²) in [5, 5.41) is 3.04. The van der Waals surface area contributed by atoms with Crippen molar-refractivity contribution in [2.24, 2.45) is 0 Å². The predicted octanol–water partition coefficient (Wildman–Crippen LogP) is 0.969. The molecular weight excluding hydrogens is 360 g/mol. The summed E-state index contributed by atoms with van der Waals surface area (Å²) in [5.74, 6) is 0.422. The summed E-state index contributed by atoms with van der Waals surface area (Å²) in [7, 11) is 0. The second kappa shape index (κ2) is 9.68. The lowest BCUT2D eigenvalue weighted by Gasteiger charge is -2.34. The molecule has 2 saturated heterocycles. The van der Waals surface area contributed by atoms with Gasteiger partial charge in [-0.05, 0) is 32.4 Å². The van der Waals surface area contributed by atoms with Gasteiger partial charge in [-0.25, -0.2) is 14.8 Å². The number of nitrogens with one attached hydrogen (secondary N) is 1. The van der Waals surface area contributed by atoms with E-state index in [1.54, 1.807) is 24.1 Å². The molecular formula is C19H30N6O3. The van der Waals surface area contributed by atoms with E-state index in [-0.39, 0.29) is 18.0 Å². The van der Waals surface area contributed by atoms with Gasteiger partial charge >= 0.3 is 6.09 Å². The molecule has 28 heavy (non-hydrogen) atoms. The molecule has 2 fully saturated rings. The van der Waals surface area contributed by atoms with Crippen LogP contribution in [0.2, 0.25) is 0 Å². The molecule has 0 radical (unpaired) electrons. The highest BCUT2D eigenvalue weighted by molar-refractivity contribution is 5.92.